The number of nitrogens with one attached hydrogen (secondary N) is 2. The van der Waals surface area contributed by atoms with Gasteiger partial charge in [0, 0.05) is 72.7 Å². The maximum Gasteiger partial charge on any atom is 0.357 e. The van der Waals surface area contributed by atoms with Crippen molar-refractivity contribution < 1.29 is 85.5 Å². The number of hydrogen-bond donors (Lipinski definition) is 2. The number of halogens is 1. The predicted octanol–water partition coefficient (Wildman–Crippen LogP) is 4.32. The Morgan fingerprint density at radius 3 is 2.37 bits per heavy atom. The fraction of sp³-hybridized carbons (Fsp3) is 0.280. The van der Waals surface area contributed by atoms with Crippen molar-refractivity contribution in [1.82, 2.24) is 15.5 Å². The molecule has 1 fully saturated rings. The van der Waals surface area contributed by atoms with Crippen molar-refractivity contribution in [1.29, 1.82) is 0 Å². The molecule has 22 nitrogen and oxygen atoms in total. The van der Waals surface area contributed by atoms with Crippen molar-refractivity contribution in [2.45, 2.75) is 55.7 Å². The smallest absolute Gasteiger partial charge is 0.357 e. The van der Waals surface area contributed by atoms with Gasteiger partial charge < -0.3 is 52.9 Å². The van der Waals surface area contributed by atoms with E-state index < -0.39 is 114 Å². The molecule has 388 valence electrons. The number of hydrogen-bond acceptors (Lipinski definition) is 21. The summed E-state index contributed by atoms with van der Waals surface area (Å²) in [5.41, 5.74) is -1.52. The molecule has 0 saturated carbocycles. The molecule has 0 radical (unpaired) electrons. The molecule has 5 atom stereocenters. The third kappa shape index (κ3) is 10.4. The van der Waals surface area contributed by atoms with E-state index in [9.17, 15) is 47.9 Å². The average Bonchev–Trinajstić information content (AvgIpc) is 3.65. The van der Waals surface area contributed by atoms with Crippen molar-refractivity contribution in [3.8, 4) is 17.2 Å². The molecular formula is C50H40ClN3O19S2. The summed E-state index contributed by atoms with van der Waals surface area (Å²) in [5.74, 6) is -6.23. The van der Waals surface area contributed by atoms with Crippen molar-refractivity contribution in [3.63, 3.8) is 0 Å². The van der Waals surface area contributed by atoms with Gasteiger partial charge in [0.2, 0.25) is 19.5 Å². The van der Waals surface area contributed by atoms with Crippen LogP contribution < -0.4 is 30.5 Å². The number of carbonyl (C=O) groups excluding carboxylic acids is 9. The molecule has 4 aromatic rings. The molecule has 5 unspecified atom stereocenters. The van der Waals surface area contributed by atoms with E-state index in [2.05, 4.69) is 10.6 Å². The number of ether oxygens (including phenoxy) is 8. The lowest BCUT2D eigenvalue weighted by molar-refractivity contribution is -0.166. The number of esters is 6. The minimum Gasteiger partial charge on any atom is -0.460 e. The van der Waals surface area contributed by atoms with Crippen LogP contribution in [0.1, 0.15) is 59.5 Å². The summed E-state index contributed by atoms with van der Waals surface area (Å²) in [4.78, 5) is 129. The van der Waals surface area contributed by atoms with E-state index >= 15 is 0 Å². The molecule has 4 aliphatic heterocycles. The number of fused-ring (bicyclic) bond motifs is 8. The number of amides is 3. The van der Waals surface area contributed by atoms with Crippen LogP contribution in [0.5, 0.6) is 17.2 Å². The highest BCUT2D eigenvalue weighted by Gasteiger charge is 2.58. The Balaban J connectivity index is 0.904. The Bertz CT molecular complexity index is 3330. The SMILES string of the molecule is CC(=O)OCOC(=O)C1=C(CSc2ccc3c(c2)C(=O)OC32c3ccc(OC(C)=O)cc3OC3=CC(OC(C)=O)C=CC32)CSC2C(NC(=O)CNC(=O)c3cc4cc(Cl)c(OCOC(C)=O)cc4oc3=O)C(=O)N12. The molecule has 3 amide bonds. The van der Waals surface area contributed by atoms with Crippen LogP contribution in [-0.2, 0) is 62.8 Å². The Morgan fingerprint density at radius 2 is 1.63 bits per heavy atom. The number of nitrogens with zero attached hydrogens (tertiary/aromatic N) is 1. The van der Waals surface area contributed by atoms with Crippen LogP contribution in [0.15, 0.2) is 104 Å². The van der Waals surface area contributed by atoms with Crippen LogP contribution in [0.4, 0.5) is 0 Å². The summed E-state index contributed by atoms with van der Waals surface area (Å²) >= 11 is 8.73. The van der Waals surface area contributed by atoms with Crippen molar-refractivity contribution in [2.24, 2.45) is 5.92 Å². The monoisotopic (exact) mass is 1090 g/mol. The number of benzene rings is 3. The second-order valence-corrected chi connectivity index (χ2v) is 19.5. The standard InChI is InChI=1S/C50H40ClN3O19S2/c1-22(55)65-20-67-40-16-37-26(12-36(40)51)11-32(47(62)72-37)44(60)52-17-41(59)53-42-45(61)54-43(49(64)68-21-66-23(2)56)27(19-75-46(42)54)18-74-30-7-10-33-31(15-30)48(63)73-50(33)34-8-5-28(69-24(3)57)13-38(34)71-39-14-29(70-25(4)58)6-9-35(39)50/h5-16,28,34,42,46H,17-21H2,1-4H3,(H,52,60)(H,53,59). The van der Waals surface area contributed by atoms with Crippen LogP contribution >= 0.6 is 35.1 Å². The average molecular weight is 1090 g/mol. The van der Waals surface area contributed by atoms with Gasteiger partial charge in [-0.05, 0) is 54.1 Å². The van der Waals surface area contributed by atoms with Gasteiger partial charge in [-0.2, -0.15) is 0 Å². The van der Waals surface area contributed by atoms with Gasteiger partial charge in [-0.25, -0.2) is 14.4 Å². The topological polar surface area (TPSA) is 285 Å². The number of rotatable bonds is 15. The van der Waals surface area contributed by atoms with E-state index in [0.717, 1.165) is 11.8 Å². The summed E-state index contributed by atoms with van der Waals surface area (Å²) in [6.07, 6.45) is 4.21. The van der Waals surface area contributed by atoms with Crippen LogP contribution in [0.2, 0.25) is 5.02 Å². The maximum atomic E-state index is 14.0. The molecule has 0 bridgehead atoms. The van der Waals surface area contributed by atoms with E-state index in [-0.39, 0.29) is 56.0 Å². The quantitative estimate of drug-likeness (QED) is 0.0245. The second-order valence-electron chi connectivity index (χ2n) is 16.9. The zero-order valence-corrected chi connectivity index (χ0v) is 42.1. The van der Waals surface area contributed by atoms with Crippen LogP contribution in [-0.4, -0.2) is 108 Å². The Morgan fingerprint density at radius 1 is 0.867 bits per heavy atom. The Kier molecular flexibility index (Phi) is 14.5. The molecule has 75 heavy (non-hydrogen) atoms. The third-order valence-corrected chi connectivity index (χ3v) is 14.6. The summed E-state index contributed by atoms with van der Waals surface area (Å²) in [7, 11) is 0. The first-order chi connectivity index (χ1) is 35.8. The number of β-lactam (4-membered cyclic amide) rings is 1. The van der Waals surface area contributed by atoms with Gasteiger partial charge in [-0.15, -0.1) is 23.5 Å². The van der Waals surface area contributed by atoms with E-state index in [1.807, 2.05) is 0 Å². The van der Waals surface area contributed by atoms with Gasteiger partial charge in [0.15, 0.2) is 5.60 Å². The molecule has 3 aromatic carbocycles. The molecule has 1 spiro atoms. The minimum atomic E-state index is -1.46. The minimum absolute atomic E-state index is 0.00189. The molecule has 5 aliphatic rings. The van der Waals surface area contributed by atoms with Crippen LogP contribution in [0.3, 0.4) is 0 Å². The van der Waals surface area contributed by atoms with E-state index in [4.69, 9.17) is 53.9 Å². The van der Waals surface area contributed by atoms with Crippen LogP contribution in [0, 0.1) is 5.92 Å². The molecule has 2 N–H and O–H groups in total. The highest BCUT2D eigenvalue weighted by molar-refractivity contribution is 8.01. The lowest BCUT2D eigenvalue weighted by Crippen LogP contribution is -2.71. The fourth-order valence-corrected chi connectivity index (χ4v) is 11.4. The molecule has 1 aliphatic carbocycles. The lowest BCUT2D eigenvalue weighted by Gasteiger charge is -2.49. The molecule has 1 saturated heterocycles. The van der Waals surface area contributed by atoms with Crippen molar-refractivity contribution in [3.05, 3.63) is 128 Å². The zero-order valence-electron chi connectivity index (χ0n) is 39.7. The molecule has 5 heterocycles. The van der Waals surface area contributed by atoms with E-state index in [1.54, 1.807) is 48.6 Å². The maximum absolute atomic E-state index is 14.0. The highest BCUT2D eigenvalue weighted by Crippen LogP contribution is 2.57. The Hall–Kier alpha value is -8.09. The van der Waals surface area contributed by atoms with Gasteiger partial charge >= 0.3 is 41.4 Å². The fourth-order valence-electron chi connectivity index (χ4n) is 8.78. The van der Waals surface area contributed by atoms with Gasteiger partial charge in [-0.3, -0.25) is 38.5 Å². The van der Waals surface area contributed by atoms with E-state index in [0.29, 0.717) is 27.4 Å². The first-order valence-corrected chi connectivity index (χ1v) is 24.9. The summed E-state index contributed by atoms with van der Waals surface area (Å²) < 4.78 is 48.7. The van der Waals surface area contributed by atoms with Gasteiger partial charge in [0.05, 0.1) is 23.0 Å². The largest absolute Gasteiger partial charge is 0.460 e. The van der Waals surface area contributed by atoms with Crippen molar-refractivity contribution >= 4 is 99.6 Å². The predicted molar refractivity (Wildman–Crippen MR) is 260 cm³/mol. The highest BCUT2D eigenvalue weighted by atomic mass is 35.5. The third-order valence-electron chi connectivity index (χ3n) is 11.9. The molecule has 25 heteroatoms. The summed E-state index contributed by atoms with van der Waals surface area (Å²) in [5, 5.41) is 4.36. The van der Waals surface area contributed by atoms with Gasteiger partial charge in [-0.1, -0.05) is 23.7 Å². The normalized spacial score (nSPS) is 20.7. The molecule has 9 rings (SSSR count). The zero-order chi connectivity index (χ0) is 53.5. The molecular weight excluding hydrogens is 1050 g/mol. The number of thioether (sulfide) groups is 2. The molecule has 1 aromatic heterocycles. The van der Waals surface area contributed by atoms with Gasteiger partial charge in [0.1, 0.15) is 57.4 Å². The Labute approximate surface area is 436 Å². The van der Waals surface area contributed by atoms with Crippen molar-refractivity contribution in [2.75, 3.05) is 31.6 Å². The first-order valence-electron chi connectivity index (χ1n) is 22.5. The van der Waals surface area contributed by atoms with Crippen LogP contribution in [0.25, 0.3) is 11.0 Å². The first kappa shape index (κ1) is 51.8. The summed E-state index contributed by atoms with van der Waals surface area (Å²) in [6.45, 7) is 2.94. The van der Waals surface area contributed by atoms with Gasteiger partial charge in [0.25, 0.3) is 11.8 Å². The second kappa shape index (κ2) is 21.0. The van der Waals surface area contributed by atoms with E-state index in [1.165, 1.54) is 68.6 Å². The number of carbonyl (C=O) groups is 9. The summed E-state index contributed by atoms with van der Waals surface area (Å²) in [6, 6.07) is 12.5. The lowest BCUT2D eigenvalue weighted by atomic mass is 9.71.